The van der Waals surface area contributed by atoms with Gasteiger partial charge in [0.15, 0.2) is 0 Å². The minimum absolute atomic E-state index is 0.292. The molecule has 0 aromatic heterocycles. The van der Waals surface area contributed by atoms with Gasteiger partial charge in [0.1, 0.15) is 17.7 Å². The molecule has 0 aliphatic heterocycles. The Kier molecular flexibility index (Phi) is 5.62. The van der Waals surface area contributed by atoms with Crippen molar-refractivity contribution >= 4 is 27.5 Å². The van der Waals surface area contributed by atoms with Crippen LogP contribution in [0.25, 0.3) is 0 Å². The van der Waals surface area contributed by atoms with Gasteiger partial charge in [-0.25, -0.2) is 4.39 Å². The second kappa shape index (κ2) is 7.25. The van der Waals surface area contributed by atoms with Gasteiger partial charge in [-0.1, -0.05) is 33.6 Å². The van der Waals surface area contributed by atoms with E-state index in [-0.39, 0.29) is 5.82 Å². The van der Waals surface area contributed by atoms with Gasteiger partial charge >= 0.3 is 0 Å². The molecule has 0 aliphatic carbocycles. The van der Waals surface area contributed by atoms with Crippen LogP contribution in [0.3, 0.4) is 0 Å². The normalized spacial score (nSPS) is 13.8. The lowest BCUT2D eigenvalue weighted by atomic mass is 10.0. The number of aliphatic hydroxyl groups is 1. The maximum atomic E-state index is 13.2. The van der Waals surface area contributed by atoms with E-state index in [2.05, 4.69) is 15.9 Å². The van der Waals surface area contributed by atoms with Gasteiger partial charge in [0.05, 0.1) is 6.10 Å². The Morgan fingerprint density at radius 1 is 1.29 bits per heavy atom. The van der Waals surface area contributed by atoms with E-state index in [0.29, 0.717) is 22.8 Å². The first kappa shape index (κ1) is 16.3. The predicted molar refractivity (Wildman–Crippen MR) is 85.4 cm³/mol. The molecule has 2 atom stereocenters. The van der Waals surface area contributed by atoms with Gasteiger partial charge in [0.2, 0.25) is 0 Å². The van der Waals surface area contributed by atoms with Crippen molar-refractivity contribution in [2.45, 2.75) is 25.6 Å². The third-order valence-corrected chi connectivity index (χ3v) is 4.11. The highest BCUT2D eigenvalue weighted by atomic mass is 79.9. The fraction of sp³-hybridized carbons (Fsp3) is 0.250. The molecule has 0 radical (unpaired) electrons. The van der Waals surface area contributed by atoms with Crippen LogP contribution in [0.1, 0.15) is 12.5 Å². The quantitative estimate of drug-likeness (QED) is 0.829. The van der Waals surface area contributed by atoms with Crippen molar-refractivity contribution in [1.29, 1.82) is 0 Å². The van der Waals surface area contributed by atoms with Crippen molar-refractivity contribution in [3.8, 4) is 5.75 Å². The molecule has 0 aliphatic rings. The van der Waals surface area contributed by atoms with Crippen molar-refractivity contribution in [3.05, 3.63) is 63.3 Å². The monoisotopic (exact) mass is 372 g/mol. The molecule has 0 heterocycles. The lowest BCUT2D eigenvalue weighted by Crippen LogP contribution is -2.30. The van der Waals surface area contributed by atoms with E-state index in [9.17, 15) is 9.50 Å². The fourth-order valence-electron chi connectivity index (χ4n) is 1.92. The molecule has 0 amide bonds. The smallest absolute Gasteiger partial charge is 0.123 e. The first-order valence-electron chi connectivity index (χ1n) is 6.50. The average molecular weight is 374 g/mol. The second-order valence-corrected chi connectivity index (χ2v) is 6.08. The second-order valence-electron chi connectivity index (χ2n) is 4.79. The summed E-state index contributed by atoms with van der Waals surface area (Å²) in [6.07, 6.45) is -0.916. The molecular formula is C16H15BrClFO2. The molecule has 2 rings (SSSR count). The summed E-state index contributed by atoms with van der Waals surface area (Å²) in [6.45, 7) is 1.76. The van der Waals surface area contributed by atoms with Gasteiger partial charge in [0.25, 0.3) is 0 Å². The third-order valence-electron chi connectivity index (χ3n) is 3.10. The lowest BCUT2D eigenvalue weighted by molar-refractivity contribution is 0.0477. The van der Waals surface area contributed by atoms with Crippen LogP contribution in [-0.2, 0) is 6.42 Å². The summed E-state index contributed by atoms with van der Waals surface area (Å²) in [5.41, 5.74) is 0.698. The van der Waals surface area contributed by atoms with Gasteiger partial charge < -0.3 is 9.84 Å². The van der Waals surface area contributed by atoms with E-state index in [1.54, 1.807) is 37.3 Å². The van der Waals surface area contributed by atoms with Crippen molar-refractivity contribution in [2.75, 3.05) is 0 Å². The number of hydrogen-bond donors (Lipinski definition) is 1. The van der Waals surface area contributed by atoms with Crippen LogP contribution in [0.2, 0.25) is 5.02 Å². The molecular weight excluding hydrogens is 359 g/mol. The zero-order chi connectivity index (χ0) is 15.4. The Morgan fingerprint density at radius 2 is 2.05 bits per heavy atom. The SMILES string of the molecule is CC(Oc1cccc(Cl)c1)C(O)Cc1cc(F)ccc1Br. The average Bonchev–Trinajstić information content (AvgIpc) is 2.43. The number of hydrogen-bond acceptors (Lipinski definition) is 2. The summed E-state index contributed by atoms with van der Waals surface area (Å²) < 4.78 is 19.7. The minimum atomic E-state index is -0.762. The number of rotatable bonds is 5. The first-order valence-corrected chi connectivity index (χ1v) is 7.67. The van der Waals surface area contributed by atoms with Crippen LogP contribution in [0, 0.1) is 5.82 Å². The molecule has 2 aromatic carbocycles. The number of ether oxygens (including phenoxy) is 1. The summed E-state index contributed by atoms with van der Waals surface area (Å²) in [5, 5.41) is 10.8. The predicted octanol–water partition coefficient (Wildman–Crippen LogP) is 4.61. The van der Waals surface area contributed by atoms with Gasteiger partial charge in [0, 0.05) is 15.9 Å². The molecule has 2 unspecified atom stereocenters. The molecule has 0 saturated heterocycles. The summed E-state index contributed by atoms with van der Waals surface area (Å²) in [7, 11) is 0. The Morgan fingerprint density at radius 3 is 2.76 bits per heavy atom. The first-order chi connectivity index (χ1) is 9.95. The Hall–Kier alpha value is -1.10. The molecule has 0 saturated carbocycles. The molecule has 2 aromatic rings. The Labute approximate surface area is 136 Å². The summed E-state index contributed by atoms with van der Waals surface area (Å²) in [4.78, 5) is 0. The zero-order valence-corrected chi connectivity index (χ0v) is 13.7. The fourth-order valence-corrected chi connectivity index (χ4v) is 2.51. The lowest BCUT2D eigenvalue weighted by Gasteiger charge is -2.21. The van der Waals surface area contributed by atoms with E-state index in [0.717, 1.165) is 4.47 Å². The van der Waals surface area contributed by atoms with Crippen LogP contribution >= 0.6 is 27.5 Å². The summed E-state index contributed by atoms with van der Waals surface area (Å²) >= 11 is 9.23. The zero-order valence-electron chi connectivity index (χ0n) is 11.4. The molecule has 112 valence electrons. The van der Waals surface area contributed by atoms with Crippen LogP contribution in [-0.4, -0.2) is 17.3 Å². The van der Waals surface area contributed by atoms with E-state index < -0.39 is 12.2 Å². The molecule has 2 nitrogen and oxygen atoms in total. The van der Waals surface area contributed by atoms with E-state index >= 15 is 0 Å². The maximum Gasteiger partial charge on any atom is 0.123 e. The van der Waals surface area contributed by atoms with Crippen LogP contribution in [0.15, 0.2) is 46.9 Å². The molecule has 0 spiro atoms. The largest absolute Gasteiger partial charge is 0.488 e. The Balaban J connectivity index is 2.02. The van der Waals surface area contributed by atoms with Crippen molar-refractivity contribution in [2.24, 2.45) is 0 Å². The standard InChI is InChI=1S/C16H15BrClFO2/c1-10(21-14-4-2-3-12(18)9-14)16(20)8-11-7-13(19)5-6-15(11)17/h2-7,9-10,16,20H,8H2,1H3. The number of halogens is 3. The maximum absolute atomic E-state index is 13.2. The van der Waals surface area contributed by atoms with Gasteiger partial charge in [-0.05, 0) is 48.9 Å². The topological polar surface area (TPSA) is 29.5 Å². The summed E-state index contributed by atoms with van der Waals surface area (Å²) in [5.74, 6) is 0.260. The van der Waals surface area contributed by atoms with E-state index in [1.807, 2.05) is 0 Å². The van der Waals surface area contributed by atoms with Crippen LogP contribution in [0.5, 0.6) is 5.75 Å². The van der Waals surface area contributed by atoms with E-state index in [4.69, 9.17) is 16.3 Å². The van der Waals surface area contributed by atoms with Crippen molar-refractivity contribution in [1.82, 2.24) is 0 Å². The number of benzene rings is 2. The highest BCUT2D eigenvalue weighted by Gasteiger charge is 2.18. The van der Waals surface area contributed by atoms with E-state index in [1.165, 1.54) is 12.1 Å². The highest BCUT2D eigenvalue weighted by molar-refractivity contribution is 9.10. The highest BCUT2D eigenvalue weighted by Crippen LogP contribution is 2.22. The molecule has 0 bridgehead atoms. The van der Waals surface area contributed by atoms with Crippen LogP contribution in [0.4, 0.5) is 4.39 Å². The number of aliphatic hydroxyl groups excluding tert-OH is 1. The third kappa shape index (κ3) is 4.70. The molecule has 1 N–H and O–H groups in total. The molecule has 21 heavy (non-hydrogen) atoms. The van der Waals surface area contributed by atoms with Gasteiger partial charge in [-0.3, -0.25) is 0 Å². The van der Waals surface area contributed by atoms with Gasteiger partial charge in [-0.2, -0.15) is 0 Å². The Bertz CT molecular complexity index is 621. The molecule has 5 heteroatoms. The van der Waals surface area contributed by atoms with Gasteiger partial charge in [-0.15, -0.1) is 0 Å². The summed E-state index contributed by atoms with van der Waals surface area (Å²) in [6, 6.07) is 11.4. The molecule has 0 fully saturated rings. The van der Waals surface area contributed by atoms with Crippen molar-refractivity contribution in [3.63, 3.8) is 0 Å². The van der Waals surface area contributed by atoms with Crippen LogP contribution < -0.4 is 4.74 Å². The van der Waals surface area contributed by atoms with Crippen molar-refractivity contribution < 1.29 is 14.2 Å². The minimum Gasteiger partial charge on any atom is -0.488 e.